The highest BCUT2D eigenvalue weighted by atomic mass is 16.5. The summed E-state index contributed by atoms with van der Waals surface area (Å²) in [7, 11) is 1.67. The number of hydrogen-bond donors (Lipinski definition) is 1. The van der Waals surface area contributed by atoms with Gasteiger partial charge in [-0.3, -0.25) is 0 Å². The molecule has 1 aliphatic rings. The van der Waals surface area contributed by atoms with E-state index < -0.39 is 5.60 Å². The van der Waals surface area contributed by atoms with E-state index in [1.54, 1.807) is 7.11 Å². The van der Waals surface area contributed by atoms with Gasteiger partial charge in [-0.25, -0.2) is 0 Å². The van der Waals surface area contributed by atoms with Gasteiger partial charge in [0.2, 0.25) is 0 Å². The zero-order valence-electron chi connectivity index (χ0n) is 19.0. The highest BCUT2D eigenvalue weighted by Gasteiger charge is 2.34. The molecule has 0 aliphatic carbocycles. The van der Waals surface area contributed by atoms with E-state index in [0.717, 1.165) is 50.3 Å². The van der Waals surface area contributed by atoms with Crippen LogP contribution in [0.15, 0.2) is 72.8 Å². The molecule has 4 heteroatoms. The molecular weight excluding hydrogens is 396 g/mol. The van der Waals surface area contributed by atoms with Crippen molar-refractivity contribution in [2.24, 2.45) is 5.92 Å². The van der Waals surface area contributed by atoms with Crippen LogP contribution in [0.1, 0.15) is 25.3 Å². The molecule has 32 heavy (non-hydrogen) atoms. The summed E-state index contributed by atoms with van der Waals surface area (Å²) >= 11 is 0. The van der Waals surface area contributed by atoms with Crippen molar-refractivity contribution in [1.82, 2.24) is 9.47 Å². The second-order valence-electron chi connectivity index (χ2n) is 9.31. The largest absolute Gasteiger partial charge is 0.497 e. The highest BCUT2D eigenvalue weighted by Crippen LogP contribution is 2.34. The van der Waals surface area contributed by atoms with E-state index in [-0.39, 0.29) is 0 Å². The minimum atomic E-state index is -0.737. The van der Waals surface area contributed by atoms with Crippen LogP contribution in [0.4, 0.5) is 0 Å². The Morgan fingerprint density at radius 3 is 1.97 bits per heavy atom. The first-order chi connectivity index (χ1) is 15.6. The van der Waals surface area contributed by atoms with Crippen LogP contribution < -0.4 is 4.74 Å². The topological polar surface area (TPSA) is 37.6 Å². The summed E-state index contributed by atoms with van der Waals surface area (Å²) in [6.07, 6.45) is 1.53. The predicted molar refractivity (Wildman–Crippen MR) is 131 cm³/mol. The van der Waals surface area contributed by atoms with E-state index in [2.05, 4.69) is 64.9 Å². The van der Waals surface area contributed by atoms with Crippen LogP contribution in [0.25, 0.3) is 21.8 Å². The molecule has 2 heterocycles. The molecular formula is C28H32N2O2. The van der Waals surface area contributed by atoms with E-state index >= 15 is 0 Å². The van der Waals surface area contributed by atoms with Crippen LogP contribution in [0.2, 0.25) is 0 Å². The fourth-order valence-corrected chi connectivity index (χ4v) is 5.31. The number of benzene rings is 3. The fourth-order valence-electron chi connectivity index (χ4n) is 5.31. The molecule has 1 aliphatic heterocycles. The summed E-state index contributed by atoms with van der Waals surface area (Å²) in [6.45, 7) is 6.21. The minimum absolute atomic E-state index is 0.515. The SMILES string of the molecule is COc1ccc(C2(O)CCN(C[C@H](C)Cn3c4ccccc4c4ccccc43)CC2)cc1. The van der Waals surface area contributed by atoms with Crippen LogP contribution in [0, 0.1) is 5.92 Å². The summed E-state index contributed by atoms with van der Waals surface area (Å²) in [6, 6.07) is 25.3. The Morgan fingerprint density at radius 1 is 0.844 bits per heavy atom. The lowest BCUT2D eigenvalue weighted by Crippen LogP contribution is -2.44. The molecule has 1 atom stereocenters. The molecule has 166 valence electrons. The van der Waals surface area contributed by atoms with Crippen LogP contribution >= 0.6 is 0 Å². The number of rotatable bonds is 6. The Bertz CT molecular complexity index is 1150. The number of para-hydroxylation sites is 2. The van der Waals surface area contributed by atoms with Crippen molar-refractivity contribution in [2.45, 2.75) is 31.9 Å². The number of fused-ring (bicyclic) bond motifs is 3. The second-order valence-corrected chi connectivity index (χ2v) is 9.31. The Labute approximate surface area is 190 Å². The van der Waals surface area contributed by atoms with Gasteiger partial charge < -0.3 is 19.3 Å². The van der Waals surface area contributed by atoms with Crippen molar-refractivity contribution in [3.05, 3.63) is 78.4 Å². The van der Waals surface area contributed by atoms with Crippen molar-refractivity contribution in [3.63, 3.8) is 0 Å². The number of likely N-dealkylation sites (tertiary alicyclic amines) is 1. The summed E-state index contributed by atoms with van der Waals surface area (Å²) in [5, 5.41) is 13.9. The monoisotopic (exact) mass is 428 g/mol. The van der Waals surface area contributed by atoms with Gasteiger partial charge in [0, 0.05) is 48.0 Å². The van der Waals surface area contributed by atoms with E-state index in [1.807, 2.05) is 24.3 Å². The van der Waals surface area contributed by atoms with Gasteiger partial charge in [-0.05, 0) is 48.6 Å². The molecule has 0 radical (unpaired) electrons. The lowest BCUT2D eigenvalue weighted by Gasteiger charge is -2.39. The van der Waals surface area contributed by atoms with Crippen LogP contribution in [-0.4, -0.2) is 41.3 Å². The Hall–Kier alpha value is -2.82. The quantitative estimate of drug-likeness (QED) is 0.445. The standard InChI is InChI=1S/C28H32N2O2/c1-21(20-30-26-9-5-3-7-24(26)25-8-4-6-10-27(25)30)19-29-17-15-28(31,16-18-29)22-11-13-23(32-2)14-12-22/h3-14,21,31H,15-20H2,1-2H3/t21-/m0/s1. The highest BCUT2D eigenvalue weighted by molar-refractivity contribution is 6.07. The van der Waals surface area contributed by atoms with Gasteiger partial charge in [0.1, 0.15) is 5.75 Å². The molecule has 4 nitrogen and oxygen atoms in total. The number of nitrogens with zero attached hydrogens (tertiary/aromatic N) is 2. The average molecular weight is 429 g/mol. The van der Waals surface area contributed by atoms with Gasteiger partial charge in [-0.2, -0.15) is 0 Å². The molecule has 0 amide bonds. The van der Waals surface area contributed by atoms with Crippen LogP contribution in [0.5, 0.6) is 5.75 Å². The molecule has 3 aromatic carbocycles. The van der Waals surface area contributed by atoms with Gasteiger partial charge in [-0.1, -0.05) is 55.5 Å². The van der Waals surface area contributed by atoms with E-state index in [1.165, 1.54) is 21.8 Å². The Balaban J connectivity index is 1.26. The Kier molecular flexibility index (Phi) is 5.66. The number of piperidine rings is 1. The zero-order chi connectivity index (χ0) is 22.1. The Morgan fingerprint density at radius 2 is 1.41 bits per heavy atom. The molecule has 1 aromatic heterocycles. The molecule has 1 N–H and O–H groups in total. The number of methoxy groups -OCH3 is 1. The molecule has 1 fully saturated rings. The maximum Gasteiger partial charge on any atom is 0.118 e. The van der Waals surface area contributed by atoms with Crippen molar-refractivity contribution in [2.75, 3.05) is 26.7 Å². The third-order valence-electron chi connectivity index (χ3n) is 7.05. The summed E-state index contributed by atoms with van der Waals surface area (Å²) < 4.78 is 7.73. The molecule has 0 saturated carbocycles. The second kappa shape index (κ2) is 8.61. The first-order valence-corrected chi connectivity index (χ1v) is 11.6. The van der Waals surface area contributed by atoms with Gasteiger partial charge in [0.25, 0.3) is 0 Å². The third kappa shape index (κ3) is 3.89. The van der Waals surface area contributed by atoms with Crippen molar-refractivity contribution in [1.29, 1.82) is 0 Å². The maximum absolute atomic E-state index is 11.2. The maximum atomic E-state index is 11.2. The zero-order valence-corrected chi connectivity index (χ0v) is 19.0. The molecule has 0 unspecified atom stereocenters. The molecule has 1 saturated heterocycles. The average Bonchev–Trinajstić information content (AvgIpc) is 3.14. The predicted octanol–water partition coefficient (Wildman–Crippen LogP) is 5.42. The third-order valence-corrected chi connectivity index (χ3v) is 7.05. The molecule has 4 aromatic rings. The number of ether oxygens (including phenoxy) is 1. The number of aromatic nitrogens is 1. The van der Waals surface area contributed by atoms with Gasteiger partial charge in [-0.15, -0.1) is 0 Å². The smallest absolute Gasteiger partial charge is 0.118 e. The fraction of sp³-hybridized carbons (Fsp3) is 0.357. The normalized spacial score (nSPS) is 17.6. The van der Waals surface area contributed by atoms with Gasteiger partial charge in [0.05, 0.1) is 12.7 Å². The van der Waals surface area contributed by atoms with Crippen LogP contribution in [0.3, 0.4) is 0 Å². The number of aliphatic hydroxyl groups is 1. The van der Waals surface area contributed by atoms with E-state index in [4.69, 9.17) is 4.74 Å². The molecule has 0 spiro atoms. The van der Waals surface area contributed by atoms with Crippen molar-refractivity contribution < 1.29 is 9.84 Å². The van der Waals surface area contributed by atoms with Crippen molar-refractivity contribution >= 4 is 21.8 Å². The minimum Gasteiger partial charge on any atom is -0.497 e. The first kappa shape index (κ1) is 21.0. The number of hydrogen-bond acceptors (Lipinski definition) is 3. The molecule has 5 rings (SSSR count). The lowest BCUT2D eigenvalue weighted by atomic mass is 9.84. The van der Waals surface area contributed by atoms with E-state index in [0.29, 0.717) is 5.92 Å². The van der Waals surface area contributed by atoms with Crippen molar-refractivity contribution in [3.8, 4) is 5.75 Å². The van der Waals surface area contributed by atoms with E-state index in [9.17, 15) is 5.11 Å². The summed E-state index contributed by atoms with van der Waals surface area (Å²) in [4.78, 5) is 2.51. The van der Waals surface area contributed by atoms with Gasteiger partial charge in [0.15, 0.2) is 0 Å². The summed E-state index contributed by atoms with van der Waals surface area (Å²) in [5.74, 6) is 1.34. The van der Waals surface area contributed by atoms with Gasteiger partial charge >= 0.3 is 0 Å². The lowest BCUT2D eigenvalue weighted by molar-refractivity contribution is -0.0287. The summed E-state index contributed by atoms with van der Waals surface area (Å²) in [5.41, 5.74) is 2.89. The first-order valence-electron chi connectivity index (χ1n) is 11.6. The van der Waals surface area contributed by atoms with Crippen LogP contribution in [-0.2, 0) is 12.1 Å². The molecule has 0 bridgehead atoms.